The molecule has 0 aromatic carbocycles. The highest BCUT2D eigenvalue weighted by molar-refractivity contribution is 6.88. The first-order valence-electron chi connectivity index (χ1n) is 9.72. The van der Waals surface area contributed by atoms with Crippen LogP contribution in [-0.2, 0) is 21.9 Å². The Hall–Kier alpha value is 0.174. The topological polar surface area (TPSA) is 54.0 Å². The maximum absolute atomic E-state index is 11.6. The zero-order valence-electron chi connectivity index (χ0n) is 19.4. The third-order valence-electron chi connectivity index (χ3n) is 4.25. The van der Waals surface area contributed by atoms with Gasteiger partial charge in [-0.3, -0.25) is 0 Å². The van der Waals surface area contributed by atoms with Gasteiger partial charge in [-0.05, 0) is 84.9 Å². The Balaban J connectivity index is 4.88. The quantitative estimate of drug-likeness (QED) is 0.183. The lowest BCUT2D eigenvalue weighted by Gasteiger charge is -2.40. The van der Waals surface area contributed by atoms with Crippen molar-refractivity contribution < 1.29 is 21.9 Å². The molecule has 0 unspecified atom stereocenters. The maximum atomic E-state index is 11.6. The van der Waals surface area contributed by atoms with Crippen LogP contribution in [0, 0.1) is 0 Å². The van der Waals surface area contributed by atoms with Crippen molar-refractivity contribution in [2.45, 2.75) is 90.1 Å². The molecule has 0 aliphatic rings. The lowest BCUT2D eigenvalue weighted by atomic mass is 10.4. The van der Waals surface area contributed by atoms with Gasteiger partial charge in [0.2, 0.25) is 8.32 Å². The molecule has 0 bridgehead atoms. The summed E-state index contributed by atoms with van der Waals surface area (Å²) in [5.74, 6) is -0.391. The second-order valence-electron chi connectivity index (χ2n) is 10.2. The van der Waals surface area contributed by atoms with Gasteiger partial charge in [0.25, 0.3) is 0 Å². The van der Waals surface area contributed by atoms with E-state index in [4.69, 9.17) is 17.1 Å². The van der Waals surface area contributed by atoms with Crippen molar-refractivity contribution in [1.82, 2.24) is 0 Å². The monoisotopic (exact) mass is 466 g/mol. The Morgan fingerprint density at radius 1 is 0.963 bits per heavy atom. The van der Waals surface area contributed by atoms with Gasteiger partial charge in [0, 0.05) is 6.08 Å². The van der Waals surface area contributed by atoms with Gasteiger partial charge in [-0.2, -0.15) is 0 Å². The third-order valence-corrected chi connectivity index (χ3v) is 21.9. The van der Waals surface area contributed by atoms with Crippen LogP contribution in [0.15, 0.2) is 12.7 Å². The molecule has 5 nitrogen and oxygen atoms in total. The Morgan fingerprint density at radius 3 is 1.78 bits per heavy atom. The van der Waals surface area contributed by atoms with Crippen LogP contribution in [0.25, 0.3) is 0 Å². The van der Waals surface area contributed by atoms with Crippen molar-refractivity contribution in [2.75, 3.05) is 0 Å². The van der Waals surface area contributed by atoms with Gasteiger partial charge < -0.3 is 17.1 Å². The summed E-state index contributed by atoms with van der Waals surface area (Å²) in [6.45, 7) is 27.2. The lowest BCUT2D eigenvalue weighted by molar-refractivity contribution is -0.145. The SMILES string of the molecule is C=CC(=O)OC(C)(C)[Si](C)(C)O[SiH2]CC[Si](C)(O[Si](C)(C)C)O[Si](C)(C)C. The molecule has 0 amide bonds. The number of hydrogen-bond donors (Lipinski definition) is 0. The average Bonchev–Trinajstić information content (AvgIpc) is 2.38. The molecule has 0 spiro atoms. The number of esters is 1. The Bertz CT molecular complexity index is 493. The number of ether oxygens (including phenoxy) is 1. The molecule has 10 heteroatoms. The second-order valence-corrected chi connectivity index (χ2v) is 29.5. The summed E-state index contributed by atoms with van der Waals surface area (Å²) in [6, 6.07) is 2.00. The van der Waals surface area contributed by atoms with Crippen LogP contribution in [0.4, 0.5) is 0 Å². The summed E-state index contributed by atoms with van der Waals surface area (Å²) in [4.78, 5) is 11.6. The predicted octanol–water partition coefficient (Wildman–Crippen LogP) is 4.53. The highest BCUT2D eigenvalue weighted by atomic mass is 28.5. The molecule has 0 atom stereocenters. The molecular formula is C17H42O5Si5. The van der Waals surface area contributed by atoms with Crippen molar-refractivity contribution >= 4 is 49.2 Å². The smallest absolute Gasteiger partial charge is 0.330 e. The van der Waals surface area contributed by atoms with Gasteiger partial charge in [0.15, 0.2) is 16.6 Å². The summed E-state index contributed by atoms with van der Waals surface area (Å²) in [7, 11) is -8.46. The molecule has 0 aromatic rings. The fourth-order valence-electron chi connectivity index (χ4n) is 2.73. The van der Waals surface area contributed by atoms with Crippen molar-refractivity contribution in [1.29, 1.82) is 0 Å². The molecule has 0 aliphatic carbocycles. The molecule has 0 aliphatic heterocycles. The highest BCUT2D eigenvalue weighted by Crippen LogP contribution is 2.28. The van der Waals surface area contributed by atoms with Crippen LogP contribution in [0.2, 0.25) is 71.0 Å². The minimum absolute atomic E-state index is 0.391. The largest absolute Gasteiger partial charge is 0.458 e. The van der Waals surface area contributed by atoms with E-state index in [-0.39, 0.29) is 0 Å². The summed E-state index contributed by atoms with van der Waals surface area (Å²) >= 11 is 0. The molecule has 0 heterocycles. The van der Waals surface area contributed by atoms with Crippen molar-refractivity contribution in [2.24, 2.45) is 0 Å². The summed E-state index contributed by atoms with van der Waals surface area (Å²) in [5.41, 5.74) is 0. The van der Waals surface area contributed by atoms with Crippen molar-refractivity contribution in [3.63, 3.8) is 0 Å². The molecule has 0 aromatic heterocycles. The zero-order valence-corrected chi connectivity index (χ0v) is 24.9. The van der Waals surface area contributed by atoms with Gasteiger partial charge in [0.1, 0.15) is 15.0 Å². The first kappa shape index (κ1) is 27.2. The van der Waals surface area contributed by atoms with Crippen molar-refractivity contribution in [3.8, 4) is 0 Å². The molecule has 0 saturated heterocycles. The second kappa shape index (κ2) is 9.78. The van der Waals surface area contributed by atoms with Crippen LogP contribution in [-0.4, -0.2) is 54.5 Å². The Kier molecular flexibility index (Phi) is 9.85. The summed E-state index contributed by atoms with van der Waals surface area (Å²) in [5, 5.41) is -0.588. The van der Waals surface area contributed by atoms with E-state index in [0.29, 0.717) is 0 Å². The van der Waals surface area contributed by atoms with Crippen LogP contribution in [0.5, 0.6) is 0 Å². The minimum atomic E-state index is -2.20. The molecule has 0 saturated carbocycles. The average molecular weight is 467 g/mol. The predicted molar refractivity (Wildman–Crippen MR) is 128 cm³/mol. The Morgan fingerprint density at radius 2 is 1.41 bits per heavy atom. The molecule has 0 N–H and O–H groups in total. The van der Waals surface area contributed by atoms with Gasteiger partial charge in [-0.15, -0.1) is 0 Å². The fourth-order valence-corrected chi connectivity index (χ4v) is 22.0. The van der Waals surface area contributed by atoms with E-state index in [1.165, 1.54) is 6.08 Å². The van der Waals surface area contributed by atoms with Gasteiger partial charge in [0.05, 0.1) is 0 Å². The van der Waals surface area contributed by atoms with Gasteiger partial charge in [-0.1, -0.05) is 6.58 Å². The van der Waals surface area contributed by atoms with Crippen molar-refractivity contribution in [3.05, 3.63) is 12.7 Å². The van der Waals surface area contributed by atoms with Crippen LogP contribution >= 0.6 is 0 Å². The number of carbonyl (C=O) groups is 1. The molecule has 27 heavy (non-hydrogen) atoms. The van der Waals surface area contributed by atoms with E-state index in [0.717, 1.165) is 12.1 Å². The fraction of sp³-hybridized carbons (Fsp3) is 0.824. The Labute approximate surface area is 173 Å². The van der Waals surface area contributed by atoms with Crippen LogP contribution < -0.4 is 0 Å². The number of hydrogen-bond acceptors (Lipinski definition) is 5. The molecule has 0 fully saturated rings. The molecule has 0 rings (SSSR count). The standard InChI is InChI=1S/C17H42O5Si5/c1-13-16(18)19-17(2,3)26(10,11)20-23-14-15-27(12,21-24(4,5)6)22-25(7,8)9/h13H,1,14-15,23H2,2-12H3. The zero-order chi connectivity index (χ0) is 21.7. The van der Waals surface area contributed by atoms with E-state index in [9.17, 15) is 4.79 Å². The van der Waals surface area contributed by atoms with E-state index < -0.39 is 54.5 Å². The van der Waals surface area contributed by atoms with E-state index in [1.807, 2.05) is 13.8 Å². The van der Waals surface area contributed by atoms with E-state index >= 15 is 0 Å². The minimum Gasteiger partial charge on any atom is -0.458 e. The molecule has 0 radical (unpaired) electrons. The number of rotatable bonds is 12. The highest BCUT2D eigenvalue weighted by Gasteiger charge is 2.44. The van der Waals surface area contributed by atoms with E-state index in [2.05, 4.69) is 65.5 Å². The van der Waals surface area contributed by atoms with Gasteiger partial charge in [-0.25, -0.2) is 4.79 Å². The molecular weight excluding hydrogens is 425 g/mol. The first-order chi connectivity index (χ1) is 11.8. The maximum Gasteiger partial charge on any atom is 0.330 e. The van der Waals surface area contributed by atoms with Gasteiger partial charge >= 0.3 is 14.5 Å². The first-order valence-corrected chi connectivity index (χ1v) is 23.5. The number of carbonyl (C=O) groups excluding carboxylic acids is 1. The normalized spacial score (nSPS) is 14.6. The summed E-state index contributed by atoms with van der Waals surface area (Å²) < 4.78 is 25.1. The summed E-state index contributed by atoms with van der Waals surface area (Å²) in [6.07, 6.45) is 1.21. The third kappa shape index (κ3) is 11.1. The van der Waals surface area contributed by atoms with Crippen LogP contribution in [0.3, 0.4) is 0 Å². The van der Waals surface area contributed by atoms with Crippen LogP contribution in [0.1, 0.15) is 13.8 Å². The molecule has 160 valence electrons. The van der Waals surface area contributed by atoms with E-state index in [1.54, 1.807) is 0 Å². The lowest BCUT2D eigenvalue weighted by Crippen LogP contribution is -2.56.